The maximum Gasteiger partial charge on any atom is 0.325 e. The van der Waals surface area contributed by atoms with E-state index in [0.717, 1.165) is 4.90 Å². The molecule has 2 N–H and O–H groups in total. The van der Waals surface area contributed by atoms with Crippen molar-refractivity contribution in [3.05, 3.63) is 71.8 Å². The highest BCUT2D eigenvalue weighted by molar-refractivity contribution is 6.08. The van der Waals surface area contributed by atoms with Crippen LogP contribution in [-0.4, -0.2) is 41.4 Å². The Kier molecular flexibility index (Phi) is 7.10. The van der Waals surface area contributed by atoms with Crippen molar-refractivity contribution in [3.8, 4) is 0 Å². The third-order valence-electron chi connectivity index (χ3n) is 5.62. The number of rotatable bonds is 9. The highest BCUT2D eigenvalue weighted by Crippen LogP contribution is 2.27. The lowest BCUT2D eigenvalue weighted by Crippen LogP contribution is -2.46. The molecule has 2 aromatic carbocycles. The number of nitrogens with one attached hydrogen (secondary N) is 2. The summed E-state index contributed by atoms with van der Waals surface area (Å²) in [5.41, 5.74) is 1.42. The molecule has 3 rings (SSSR count). The van der Waals surface area contributed by atoms with Gasteiger partial charge in [0, 0.05) is 12.5 Å². The molecule has 1 aliphatic heterocycles. The van der Waals surface area contributed by atoms with E-state index in [2.05, 4.69) is 34.9 Å². The van der Waals surface area contributed by atoms with Crippen molar-refractivity contribution in [1.29, 1.82) is 0 Å². The Morgan fingerprint density at radius 1 is 1.00 bits per heavy atom. The Labute approximate surface area is 184 Å². The first-order valence-electron chi connectivity index (χ1n) is 10.8. The summed E-state index contributed by atoms with van der Waals surface area (Å²) in [7, 11) is 0. The standard InChI is InChI=1S/C25H31N3O3/c1-18(2)16-25(3)23(30)28(24(31)27-25)17-22(29)26-15-14-21(19-10-6-4-7-11-19)20-12-8-5-9-13-20/h4-13,18,21H,14-17H2,1-3H3,(H,26,29)(H,27,31). The maximum absolute atomic E-state index is 12.7. The van der Waals surface area contributed by atoms with E-state index < -0.39 is 11.6 Å². The molecule has 0 spiro atoms. The van der Waals surface area contributed by atoms with E-state index in [1.54, 1.807) is 6.92 Å². The second-order valence-corrected chi connectivity index (χ2v) is 8.76. The monoisotopic (exact) mass is 421 g/mol. The minimum absolute atomic E-state index is 0.147. The number of carbonyl (C=O) groups excluding carboxylic acids is 3. The SMILES string of the molecule is CC(C)CC1(C)NC(=O)N(CC(=O)NCCC(c2ccccc2)c2ccccc2)C1=O. The number of nitrogens with zero attached hydrogens (tertiary/aromatic N) is 1. The van der Waals surface area contributed by atoms with Crippen molar-refractivity contribution in [2.45, 2.75) is 45.1 Å². The van der Waals surface area contributed by atoms with Crippen LogP contribution >= 0.6 is 0 Å². The summed E-state index contributed by atoms with van der Waals surface area (Å²) in [4.78, 5) is 38.5. The predicted octanol–water partition coefficient (Wildman–Crippen LogP) is 3.68. The topological polar surface area (TPSA) is 78.5 Å². The van der Waals surface area contributed by atoms with Gasteiger partial charge in [-0.2, -0.15) is 0 Å². The average molecular weight is 422 g/mol. The van der Waals surface area contributed by atoms with Crippen molar-refractivity contribution in [2.75, 3.05) is 13.1 Å². The molecule has 1 fully saturated rings. The Bertz CT molecular complexity index is 875. The molecule has 1 unspecified atom stereocenters. The summed E-state index contributed by atoms with van der Waals surface area (Å²) in [6.45, 7) is 5.89. The van der Waals surface area contributed by atoms with Gasteiger partial charge in [0.2, 0.25) is 5.91 Å². The van der Waals surface area contributed by atoms with Crippen LogP contribution in [0.25, 0.3) is 0 Å². The third-order valence-corrected chi connectivity index (χ3v) is 5.62. The first-order chi connectivity index (χ1) is 14.8. The number of benzene rings is 2. The Morgan fingerprint density at radius 3 is 2.06 bits per heavy atom. The molecule has 0 aromatic heterocycles. The van der Waals surface area contributed by atoms with E-state index in [9.17, 15) is 14.4 Å². The Hall–Kier alpha value is -3.15. The predicted molar refractivity (Wildman–Crippen MR) is 120 cm³/mol. The normalized spacial score (nSPS) is 18.5. The van der Waals surface area contributed by atoms with Crippen molar-refractivity contribution in [3.63, 3.8) is 0 Å². The van der Waals surface area contributed by atoms with Crippen molar-refractivity contribution in [2.24, 2.45) is 5.92 Å². The molecule has 1 atom stereocenters. The van der Waals surface area contributed by atoms with Gasteiger partial charge in [0.15, 0.2) is 0 Å². The molecule has 0 radical (unpaired) electrons. The average Bonchev–Trinajstić information content (AvgIpc) is 2.94. The first kappa shape index (κ1) is 22.5. The van der Waals surface area contributed by atoms with Crippen molar-refractivity contribution >= 4 is 17.8 Å². The van der Waals surface area contributed by atoms with E-state index in [1.165, 1.54) is 11.1 Å². The smallest absolute Gasteiger partial charge is 0.325 e. The lowest BCUT2D eigenvalue weighted by molar-refractivity contribution is -0.135. The minimum Gasteiger partial charge on any atom is -0.355 e. The van der Waals surface area contributed by atoms with Crippen molar-refractivity contribution < 1.29 is 14.4 Å². The summed E-state index contributed by atoms with van der Waals surface area (Å²) in [6.07, 6.45) is 1.25. The molecule has 4 amide bonds. The van der Waals surface area contributed by atoms with E-state index in [0.29, 0.717) is 19.4 Å². The molecule has 6 nitrogen and oxygen atoms in total. The van der Waals surface area contributed by atoms with Crippen LogP contribution in [0.4, 0.5) is 4.79 Å². The summed E-state index contributed by atoms with van der Waals surface area (Å²) in [6, 6.07) is 19.8. The van der Waals surface area contributed by atoms with Gasteiger partial charge in [-0.1, -0.05) is 74.5 Å². The van der Waals surface area contributed by atoms with Crippen LogP contribution in [0.5, 0.6) is 0 Å². The highest BCUT2D eigenvalue weighted by Gasteiger charge is 2.48. The minimum atomic E-state index is -0.947. The second-order valence-electron chi connectivity index (χ2n) is 8.76. The van der Waals surface area contributed by atoms with E-state index in [4.69, 9.17) is 0 Å². The van der Waals surface area contributed by atoms with Gasteiger partial charge < -0.3 is 10.6 Å². The number of hydrogen-bond donors (Lipinski definition) is 2. The van der Waals surface area contributed by atoms with E-state index in [1.807, 2.05) is 50.2 Å². The maximum atomic E-state index is 12.7. The number of carbonyl (C=O) groups is 3. The van der Waals surface area contributed by atoms with Crippen LogP contribution in [0.2, 0.25) is 0 Å². The molecule has 0 aliphatic carbocycles. The van der Waals surface area contributed by atoms with Gasteiger partial charge in [-0.3, -0.25) is 14.5 Å². The second kappa shape index (κ2) is 9.77. The molecule has 1 saturated heterocycles. The fourth-order valence-corrected chi connectivity index (χ4v) is 4.30. The molecule has 31 heavy (non-hydrogen) atoms. The van der Waals surface area contributed by atoms with E-state index >= 15 is 0 Å². The molecular weight excluding hydrogens is 390 g/mol. The summed E-state index contributed by atoms with van der Waals surface area (Å²) < 4.78 is 0. The zero-order chi connectivity index (χ0) is 22.4. The largest absolute Gasteiger partial charge is 0.355 e. The van der Waals surface area contributed by atoms with Gasteiger partial charge in [-0.25, -0.2) is 4.79 Å². The number of hydrogen-bond acceptors (Lipinski definition) is 3. The number of imide groups is 1. The Balaban J connectivity index is 1.59. The molecule has 0 bridgehead atoms. The summed E-state index contributed by atoms with van der Waals surface area (Å²) in [5, 5.41) is 5.62. The molecule has 0 saturated carbocycles. The van der Waals surface area contributed by atoms with Crippen LogP contribution < -0.4 is 10.6 Å². The fraction of sp³-hybridized carbons (Fsp3) is 0.400. The third kappa shape index (κ3) is 5.51. The zero-order valence-corrected chi connectivity index (χ0v) is 18.4. The molecule has 6 heteroatoms. The molecule has 1 aliphatic rings. The van der Waals surface area contributed by atoms with Crippen LogP contribution in [0.15, 0.2) is 60.7 Å². The van der Waals surface area contributed by atoms with Crippen molar-refractivity contribution in [1.82, 2.24) is 15.5 Å². The van der Waals surface area contributed by atoms with Gasteiger partial charge >= 0.3 is 6.03 Å². The van der Waals surface area contributed by atoms with E-state index in [-0.39, 0.29) is 30.2 Å². The van der Waals surface area contributed by atoms with Crippen LogP contribution in [0.1, 0.15) is 50.7 Å². The van der Waals surface area contributed by atoms with Gasteiger partial charge in [0.1, 0.15) is 12.1 Å². The first-order valence-corrected chi connectivity index (χ1v) is 10.8. The van der Waals surface area contributed by atoms with Gasteiger partial charge in [0.25, 0.3) is 5.91 Å². The van der Waals surface area contributed by atoms with Crippen LogP contribution in [0.3, 0.4) is 0 Å². The lowest BCUT2D eigenvalue weighted by atomic mass is 9.88. The zero-order valence-electron chi connectivity index (χ0n) is 18.4. The lowest BCUT2D eigenvalue weighted by Gasteiger charge is -2.23. The number of urea groups is 1. The molecular formula is C25H31N3O3. The van der Waals surface area contributed by atoms with Gasteiger partial charge in [-0.05, 0) is 36.8 Å². The fourth-order valence-electron chi connectivity index (χ4n) is 4.30. The van der Waals surface area contributed by atoms with Gasteiger partial charge in [0.05, 0.1) is 0 Å². The highest BCUT2D eigenvalue weighted by atomic mass is 16.2. The van der Waals surface area contributed by atoms with Crippen LogP contribution in [-0.2, 0) is 9.59 Å². The van der Waals surface area contributed by atoms with Crippen LogP contribution in [0, 0.1) is 5.92 Å². The quantitative estimate of drug-likeness (QED) is 0.606. The Morgan fingerprint density at radius 2 is 1.55 bits per heavy atom. The number of amides is 4. The van der Waals surface area contributed by atoms with Gasteiger partial charge in [-0.15, -0.1) is 0 Å². The summed E-state index contributed by atoms with van der Waals surface area (Å²) >= 11 is 0. The molecule has 1 heterocycles. The molecule has 2 aromatic rings. The summed E-state index contributed by atoms with van der Waals surface area (Å²) in [5.74, 6) is -0.283. The molecule has 164 valence electrons.